The molecule has 1 N–H and O–H groups in total. The summed E-state index contributed by atoms with van der Waals surface area (Å²) in [6.45, 7) is 10.3. The van der Waals surface area contributed by atoms with Gasteiger partial charge in [0.2, 0.25) is 0 Å². The molecule has 13 nitrogen and oxygen atoms in total. The highest BCUT2D eigenvalue weighted by molar-refractivity contribution is 7.44. The lowest BCUT2D eigenvalue weighted by Crippen LogP contribution is -2.42. The van der Waals surface area contributed by atoms with E-state index in [0.29, 0.717) is 0 Å². The zero-order valence-electron chi connectivity index (χ0n) is 21.2. The molecular weight excluding hydrogens is 495 g/mol. The van der Waals surface area contributed by atoms with Crippen LogP contribution in [0.1, 0.15) is 54.2 Å². The lowest BCUT2D eigenvalue weighted by molar-refractivity contribution is -0.165. The maximum atomic E-state index is 12.4. The third-order valence-corrected chi connectivity index (χ3v) is 7.10. The van der Waals surface area contributed by atoms with E-state index >= 15 is 0 Å². The molecule has 5 atom stereocenters. The quantitative estimate of drug-likeness (QED) is 0.238. The van der Waals surface area contributed by atoms with E-state index in [0.717, 1.165) is 10.6 Å². The molecule has 1 aliphatic rings. The number of H-pyrrole nitrogens is 1. The van der Waals surface area contributed by atoms with Gasteiger partial charge in [-0.15, -0.1) is 0 Å². The van der Waals surface area contributed by atoms with Crippen LogP contribution in [0.15, 0.2) is 21.9 Å². The zero-order chi connectivity index (χ0) is 27.0. The Kier molecular flexibility index (Phi) is 11.2. The number of nitrogens with one attached hydrogen (secondary N) is 1. The summed E-state index contributed by atoms with van der Waals surface area (Å²) in [6.07, 6.45) is -3.08. The van der Waals surface area contributed by atoms with Crippen LogP contribution in [0.4, 0.5) is 0 Å². The van der Waals surface area contributed by atoms with Crippen LogP contribution in [-0.4, -0.2) is 69.8 Å². The van der Waals surface area contributed by atoms with Crippen molar-refractivity contribution in [2.45, 2.75) is 84.6 Å². The summed E-state index contributed by atoms with van der Waals surface area (Å²) in [6, 6.07) is 3.24. The Labute approximate surface area is 210 Å². The number of aromatic nitrogens is 2. The van der Waals surface area contributed by atoms with Gasteiger partial charge in [-0.25, -0.2) is 9.46 Å². The van der Waals surface area contributed by atoms with Gasteiger partial charge in [0.05, 0.1) is 25.7 Å². The fraction of sp³-hybridized carbons (Fsp3) is 0.682. The number of hydrogen-bond donors (Lipinski definition) is 1. The summed E-state index contributed by atoms with van der Waals surface area (Å²) in [5.41, 5.74) is -1.40. The molecule has 1 saturated heterocycles. The smallest absolute Gasteiger partial charge is 0.330 e. The normalized spacial score (nSPS) is 22.6. The number of nitriles is 1. The van der Waals surface area contributed by atoms with Crippen LogP contribution in [0, 0.1) is 11.3 Å². The molecule has 0 aromatic carbocycles. The van der Waals surface area contributed by atoms with Crippen LogP contribution in [0.3, 0.4) is 0 Å². The SMILES string of the molecule is CC(=O)O[C@@H]1[C@H](OC(C)=O)[C@@H](COP(OCCC#N)N(C(C)C)C(C)C)O[C@H]1n1ccc(=O)[nH]c1=O. The summed E-state index contributed by atoms with van der Waals surface area (Å²) >= 11 is 0. The molecule has 2 heterocycles. The van der Waals surface area contributed by atoms with Crippen molar-refractivity contribution in [3.8, 4) is 6.07 Å². The van der Waals surface area contributed by atoms with Crippen LogP contribution < -0.4 is 11.2 Å². The van der Waals surface area contributed by atoms with Crippen LogP contribution in [0.2, 0.25) is 0 Å². The van der Waals surface area contributed by atoms with Gasteiger partial charge in [-0.2, -0.15) is 5.26 Å². The number of ether oxygens (including phenoxy) is 3. The van der Waals surface area contributed by atoms with Crippen molar-refractivity contribution in [3.63, 3.8) is 0 Å². The first-order valence-electron chi connectivity index (χ1n) is 11.5. The van der Waals surface area contributed by atoms with Crippen molar-refractivity contribution in [2.24, 2.45) is 0 Å². The second kappa shape index (κ2) is 13.6. The molecule has 1 aliphatic heterocycles. The number of aromatic amines is 1. The van der Waals surface area contributed by atoms with Crippen LogP contribution in [0.25, 0.3) is 0 Å². The number of nitrogens with zero attached hydrogens (tertiary/aromatic N) is 3. The second-order valence-electron chi connectivity index (χ2n) is 8.57. The predicted octanol–water partition coefficient (Wildman–Crippen LogP) is 1.59. The van der Waals surface area contributed by atoms with Gasteiger partial charge in [0.1, 0.15) is 6.10 Å². The minimum Gasteiger partial charge on any atom is -0.456 e. The second-order valence-corrected chi connectivity index (χ2v) is 10.0. The fourth-order valence-corrected chi connectivity index (χ4v) is 5.41. The van der Waals surface area contributed by atoms with Crippen LogP contribution in [-0.2, 0) is 32.8 Å². The lowest BCUT2D eigenvalue weighted by atomic mass is 10.1. The minimum atomic E-state index is -1.64. The Balaban J connectivity index is 2.37. The molecule has 1 aromatic heterocycles. The van der Waals surface area contributed by atoms with E-state index in [4.69, 9.17) is 28.5 Å². The van der Waals surface area contributed by atoms with Crippen molar-refractivity contribution in [3.05, 3.63) is 33.1 Å². The number of esters is 2. The zero-order valence-corrected chi connectivity index (χ0v) is 22.1. The summed E-state index contributed by atoms with van der Waals surface area (Å²) in [5, 5.41) is 8.90. The maximum Gasteiger partial charge on any atom is 0.330 e. The van der Waals surface area contributed by atoms with E-state index in [9.17, 15) is 19.2 Å². The van der Waals surface area contributed by atoms with Crippen LogP contribution >= 0.6 is 8.53 Å². The van der Waals surface area contributed by atoms with Crippen molar-refractivity contribution in [2.75, 3.05) is 13.2 Å². The highest BCUT2D eigenvalue weighted by Crippen LogP contribution is 2.47. The molecule has 0 saturated carbocycles. The third-order valence-electron chi connectivity index (χ3n) is 5.03. The van der Waals surface area contributed by atoms with Gasteiger partial charge in [0.25, 0.3) is 14.1 Å². The van der Waals surface area contributed by atoms with Gasteiger partial charge in [0.15, 0.2) is 18.4 Å². The van der Waals surface area contributed by atoms with E-state index in [2.05, 4.69) is 4.98 Å². The van der Waals surface area contributed by atoms with Gasteiger partial charge in [-0.3, -0.25) is 23.9 Å². The molecule has 14 heteroatoms. The predicted molar refractivity (Wildman–Crippen MR) is 128 cm³/mol. The summed E-state index contributed by atoms with van der Waals surface area (Å²) in [4.78, 5) is 49.9. The number of rotatable bonds is 12. The molecule has 0 aliphatic carbocycles. The molecule has 200 valence electrons. The molecule has 0 bridgehead atoms. The van der Waals surface area contributed by atoms with Crippen molar-refractivity contribution in [1.82, 2.24) is 14.2 Å². The minimum absolute atomic E-state index is 0.0493. The van der Waals surface area contributed by atoms with Gasteiger partial charge < -0.3 is 23.3 Å². The highest BCUT2D eigenvalue weighted by Gasteiger charge is 2.51. The fourth-order valence-electron chi connectivity index (χ4n) is 3.80. The van der Waals surface area contributed by atoms with Crippen molar-refractivity contribution >= 4 is 20.5 Å². The molecule has 1 unspecified atom stereocenters. The van der Waals surface area contributed by atoms with Crippen molar-refractivity contribution < 1.29 is 32.8 Å². The number of hydrogen-bond acceptors (Lipinski definition) is 11. The first-order valence-corrected chi connectivity index (χ1v) is 12.6. The Morgan fingerprint density at radius 3 is 2.28 bits per heavy atom. The topological polar surface area (TPSA) is 162 Å². The van der Waals surface area contributed by atoms with E-state index in [1.54, 1.807) is 0 Å². The molecule has 36 heavy (non-hydrogen) atoms. The average molecular weight is 528 g/mol. The summed E-state index contributed by atoms with van der Waals surface area (Å²) < 4.78 is 31.9. The van der Waals surface area contributed by atoms with Gasteiger partial charge in [-0.1, -0.05) is 0 Å². The van der Waals surface area contributed by atoms with Gasteiger partial charge >= 0.3 is 17.6 Å². The summed E-state index contributed by atoms with van der Waals surface area (Å²) in [7, 11) is -1.64. The molecular formula is C22H33N4O9P. The highest BCUT2D eigenvalue weighted by atomic mass is 31.2. The number of carbonyl (C=O) groups excluding carboxylic acids is 2. The largest absolute Gasteiger partial charge is 0.456 e. The molecule has 0 amide bonds. The van der Waals surface area contributed by atoms with Gasteiger partial charge in [0, 0.05) is 38.2 Å². The molecule has 0 radical (unpaired) electrons. The first kappa shape index (κ1) is 29.6. The Morgan fingerprint density at radius 1 is 1.14 bits per heavy atom. The summed E-state index contributed by atoms with van der Waals surface area (Å²) in [5.74, 6) is -1.34. The average Bonchev–Trinajstić information content (AvgIpc) is 3.07. The third kappa shape index (κ3) is 7.94. The molecule has 2 rings (SSSR count). The van der Waals surface area contributed by atoms with E-state index in [-0.39, 0.29) is 31.7 Å². The Bertz CT molecular complexity index is 1040. The maximum absolute atomic E-state index is 12.4. The molecule has 1 fully saturated rings. The van der Waals surface area contributed by atoms with Crippen molar-refractivity contribution in [1.29, 1.82) is 5.26 Å². The van der Waals surface area contributed by atoms with E-state index < -0.39 is 56.3 Å². The van der Waals surface area contributed by atoms with E-state index in [1.165, 1.54) is 20.0 Å². The standard InChI is InChI=1S/C22H33N4O9P/c1-13(2)26(14(3)4)36(31-11-7-9-23)32-12-17-19(33-15(5)27)20(34-16(6)28)21(35-17)25-10-8-18(29)24-22(25)30/h8,10,13-14,17,19-21H,7,11-12H2,1-6H3,(H,24,29,30)/t17-,19-,20-,21-,36?/m1/s1. The monoisotopic (exact) mass is 528 g/mol. The number of carbonyl (C=O) groups is 2. The Hall–Kier alpha value is -2.62. The molecule has 1 aromatic rings. The lowest BCUT2D eigenvalue weighted by Gasteiger charge is -2.36. The first-order chi connectivity index (χ1) is 17.0. The van der Waals surface area contributed by atoms with Gasteiger partial charge in [-0.05, 0) is 27.7 Å². The Morgan fingerprint density at radius 2 is 1.75 bits per heavy atom. The van der Waals surface area contributed by atoms with E-state index in [1.807, 2.05) is 38.4 Å². The van der Waals surface area contributed by atoms with Crippen LogP contribution in [0.5, 0.6) is 0 Å². The molecule has 0 spiro atoms.